The smallest absolute Gasteiger partial charge is 0.396 e. The molecule has 0 radical (unpaired) electrons. The largest absolute Gasteiger partial charge is 0.405 e. The molecule has 1 fully saturated rings. The molecular weight excluding hydrogens is 249 g/mol. The molecule has 1 heterocycles. The summed E-state index contributed by atoms with van der Waals surface area (Å²) < 4.78 is 38.3. The van der Waals surface area contributed by atoms with Crippen molar-refractivity contribution in [2.24, 2.45) is 5.92 Å². The van der Waals surface area contributed by atoms with E-state index in [-0.39, 0.29) is 32.1 Å². The number of nitrogens with zero attached hydrogens (tertiary/aromatic N) is 2. The van der Waals surface area contributed by atoms with Crippen molar-refractivity contribution in [3.8, 4) is 0 Å². The highest BCUT2D eigenvalue weighted by Gasteiger charge is 2.46. The Morgan fingerprint density at radius 1 is 1.44 bits per heavy atom. The Hall–Kier alpha value is -0.820. The Morgan fingerprint density at radius 3 is 2.50 bits per heavy atom. The first-order chi connectivity index (χ1) is 8.31. The summed E-state index contributed by atoms with van der Waals surface area (Å²) >= 11 is 0. The third-order valence-electron chi connectivity index (χ3n) is 3.40. The summed E-state index contributed by atoms with van der Waals surface area (Å²) in [6, 6.07) is -1.62. The summed E-state index contributed by atoms with van der Waals surface area (Å²) in [4.78, 5) is 14.3. The molecular formula is C11H19F3N2O2. The molecule has 1 saturated heterocycles. The van der Waals surface area contributed by atoms with Gasteiger partial charge in [0.2, 0.25) is 5.91 Å². The van der Waals surface area contributed by atoms with E-state index < -0.39 is 18.1 Å². The molecule has 0 aliphatic carbocycles. The molecule has 2 unspecified atom stereocenters. The number of carbonyl (C=O) groups is 1. The highest BCUT2D eigenvalue weighted by Crippen LogP contribution is 2.27. The number of aliphatic hydroxyl groups excluding tert-OH is 1. The Kier molecular flexibility index (Phi) is 4.98. The summed E-state index contributed by atoms with van der Waals surface area (Å²) in [5.41, 5.74) is 0. The maximum Gasteiger partial charge on any atom is 0.405 e. The molecule has 0 saturated carbocycles. The van der Waals surface area contributed by atoms with Crippen LogP contribution in [0.2, 0.25) is 0 Å². The summed E-state index contributed by atoms with van der Waals surface area (Å²) in [5.74, 6) is -0.982. The first-order valence-corrected chi connectivity index (χ1v) is 5.97. The van der Waals surface area contributed by atoms with Crippen molar-refractivity contribution in [1.82, 2.24) is 9.80 Å². The van der Waals surface area contributed by atoms with Gasteiger partial charge in [0.05, 0.1) is 12.5 Å². The van der Waals surface area contributed by atoms with Gasteiger partial charge in [-0.15, -0.1) is 0 Å². The maximum absolute atomic E-state index is 12.8. The Labute approximate surface area is 104 Å². The van der Waals surface area contributed by atoms with Crippen molar-refractivity contribution in [2.75, 3.05) is 33.3 Å². The number of amides is 1. The quantitative estimate of drug-likeness (QED) is 0.820. The topological polar surface area (TPSA) is 43.8 Å². The first kappa shape index (κ1) is 15.2. The third kappa shape index (κ3) is 3.35. The molecule has 4 nitrogen and oxygen atoms in total. The van der Waals surface area contributed by atoms with Crippen molar-refractivity contribution >= 4 is 5.91 Å². The number of hydrogen-bond donors (Lipinski definition) is 1. The molecule has 0 aromatic carbocycles. The van der Waals surface area contributed by atoms with Gasteiger partial charge in [-0.05, 0) is 13.5 Å². The van der Waals surface area contributed by atoms with E-state index in [2.05, 4.69) is 0 Å². The van der Waals surface area contributed by atoms with Gasteiger partial charge in [0.25, 0.3) is 0 Å². The minimum absolute atomic E-state index is 0.192. The fraction of sp³-hybridized carbons (Fsp3) is 0.909. The van der Waals surface area contributed by atoms with Gasteiger partial charge >= 0.3 is 6.18 Å². The van der Waals surface area contributed by atoms with Gasteiger partial charge < -0.3 is 10.0 Å². The van der Waals surface area contributed by atoms with Gasteiger partial charge in [0.1, 0.15) is 6.04 Å². The number of likely N-dealkylation sites (N-methyl/N-ethyl adjacent to an activating group) is 1. The Balaban J connectivity index is 2.73. The van der Waals surface area contributed by atoms with Crippen LogP contribution in [0.4, 0.5) is 13.2 Å². The van der Waals surface area contributed by atoms with Crippen LogP contribution in [0.3, 0.4) is 0 Å². The van der Waals surface area contributed by atoms with Crippen molar-refractivity contribution < 1.29 is 23.1 Å². The maximum atomic E-state index is 12.8. The minimum Gasteiger partial charge on any atom is -0.396 e. The van der Waals surface area contributed by atoms with E-state index in [0.29, 0.717) is 6.42 Å². The van der Waals surface area contributed by atoms with Crippen LogP contribution in [0.25, 0.3) is 0 Å². The molecule has 7 heteroatoms. The highest BCUT2D eigenvalue weighted by molar-refractivity contribution is 5.79. The monoisotopic (exact) mass is 268 g/mol. The van der Waals surface area contributed by atoms with Crippen LogP contribution in [0.1, 0.15) is 13.3 Å². The second-order valence-electron chi connectivity index (χ2n) is 4.61. The number of rotatable bonds is 3. The van der Waals surface area contributed by atoms with Crippen molar-refractivity contribution in [3.63, 3.8) is 0 Å². The number of hydrogen-bond acceptors (Lipinski definition) is 3. The molecule has 1 aliphatic rings. The zero-order valence-electron chi connectivity index (χ0n) is 10.6. The molecule has 1 aliphatic heterocycles. The van der Waals surface area contributed by atoms with Crippen LogP contribution in [-0.2, 0) is 4.79 Å². The number of aliphatic hydroxyl groups is 1. The van der Waals surface area contributed by atoms with E-state index >= 15 is 0 Å². The fourth-order valence-corrected chi connectivity index (χ4v) is 2.07. The van der Waals surface area contributed by atoms with Crippen LogP contribution in [-0.4, -0.2) is 66.3 Å². The van der Waals surface area contributed by atoms with Crippen LogP contribution in [0.5, 0.6) is 0 Å². The number of halogens is 3. The molecule has 18 heavy (non-hydrogen) atoms. The average molecular weight is 268 g/mol. The molecule has 0 aromatic rings. The van der Waals surface area contributed by atoms with Gasteiger partial charge in [-0.2, -0.15) is 13.2 Å². The summed E-state index contributed by atoms with van der Waals surface area (Å²) in [5, 5.41) is 9.02. The lowest BCUT2D eigenvalue weighted by Crippen LogP contribution is -2.59. The molecule has 2 atom stereocenters. The van der Waals surface area contributed by atoms with Gasteiger partial charge in [-0.25, -0.2) is 0 Å². The SMILES string of the molecule is CCC(CO)C(=O)N1CCN(C)C(C(F)(F)F)C1. The summed E-state index contributed by atoms with van der Waals surface area (Å²) in [7, 11) is 1.41. The zero-order valence-corrected chi connectivity index (χ0v) is 10.6. The van der Waals surface area contributed by atoms with Crippen LogP contribution >= 0.6 is 0 Å². The van der Waals surface area contributed by atoms with E-state index in [4.69, 9.17) is 5.11 Å². The first-order valence-electron chi connectivity index (χ1n) is 5.97. The van der Waals surface area contributed by atoms with Crippen LogP contribution in [0, 0.1) is 5.92 Å². The van der Waals surface area contributed by atoms with E-state index in [1.807, 2.05) is 0 Å². The van der Waals surface area contributed by atoms with Crippen LogP contribution in [0.15, 0.2) is 0 Å². The van der Waals surface area contributed by atoms with Crippen molar-refractivity contribution in [2.45, 2.75) is 25.6 Å². The van der Waals surface area contributed by atoms with E-state index in [9.17, 15) is 18.0 Å². The molecule has 1 rings (SSSR count). The fourth-order valence-electron chi connectivity index (χ4n) is 2.07. The molecule has 106 valence electrons. The number of alkyl halides is 3. The van der Waals surface area contributed by atoms with Gasteiger partial charge in [0, 0.05) is 19.6 Å². The van der Waals surface area contributed by atoms with E-state index in [1.165, 1.54) is 16.8 Å². The van der Waals surface area contributed by atoms with Gasteiger partial charge in [-0.1, -0.05) is 6.92 Å². The van der Waals surface area contributed by atoms with Crippen molar-refractivity contribution in [1.29, 1.82) is 0 Å². The molecule has 0 spiro atoms. The third-order valence-corrected chi connectivity index (χ3v) is 3.40. The molecule has 0 bridgehead atoms. The number of carbonyl (C=O) groups excluding carboxylic acids is 1. The average Bonchev–Trinajstić information content (AvgIpc) is 2.29. The normalized spacial score (nSPS) is 24.1. The summed E-state index contributed by atoms with van der Waals surface area (Å²) in [6.07, 6.45) is -3.91. The number of piperazine rings is 1. The predicted octanol–water partition coefficient (Wildman–Crippen LogP) is 0.710. The Morgan fingerprint density at radius 2 is 2.06 bits per heavy atom. The lowest BCUT2D eigenvalue weighted by Gasteiger charge is -2.41. The van der Waals surface area contributed by atoms with Gasteiger partial charge in [-0.3, -0.25) is 9.69 Å². The lowest BCUT2D eigenvalue weighted by molar-refractivity contribution is -0.195. The molecule has 1 N–H and O–H groups in total. The predicted molar refractivity (Wildman–Crippen MR) is 59.9 cm³/mol. The van der Waals surface area contributed by atoms with E-state index in [1.54, 1.807) is 6.92 Å². The molecule has 0 aromatic heterocycles. The Bertz CT molecular complexity index is 293. The second kappa shape index (κ2) is 5.88. The van der Waals surface area contributed by atoms with Crippen LogP contribution < -0.4 is 0 Å². The minimum atomic E-state index is -4.34. The molecule has 1 amide bonds. The highest BCUT2D eigenvalue weighted by atomic mass is 19.4. The van der Waals surface area contributed by atoms with Crippen molar-refractivity contribution in [3.05, 3.63) is 0 Å². The summed E-state index contributed by atoms with van der Waals surface area (Å²) in [6.45, 7) is 1.53. The zero-order chi connectivity index (χ0) is 13.9. The second-order valence-corrected chi connectivity index (χ2v) is 4.61. The standard InChI is InChI=1S/C11H19F3N2O2/c1-3-8(7-17)10(18)16-5-4-15(2)9(6-16)11(12,13)14/h8-9,17H,3-7H2,1-2H3. The lowest BCUT2D eigenvalue weighted by atomic mass is 10.0. The van der Waals surface area contributed by atoms with E-state index in [0.717, 1.165) is 0 Å². The van der Waals surface area contributed by atoms with Gasteiger partial charge in [0.15, 0.2) is 0 Å².